The summed E-state index contributed by atoms with van der Waals surface area (Å²) in [6.07, 6.45) is 7.20. The van der Waals surface area contributed by atoms with Gasteiger partial charge in [0, 0.05) is 24.1 Å². The molecule has 4 aliphatic rings. The lowest BCUT2D eigenvalue weighted by Gasteiger charge is -2.55. The minimum Gasteiger partial charge on any atom is -0.462 e. The topological polar surface area (TPSA) is 84.5 Å². The third-order valence-electron chi connectivity index (χ3n) is 6.81. The van der Waals surface area contributed by atoms with Crippen LogP contribution in [-0.4, -0.2) is 30.9 Å². The van der Waals surface area contributed by atoms with Crippen LogP contribution >= 0.6 is 0 Å². The smallest absolute Gasteiger partial charge is 0.338 e. The van der Waals surface area contributed by atoms with Gasteiger partial charge >= 0.3 is 5.97 Å². The highest BCUT2D eigenvalue weighted by Gasteiger charge is 2.54. The van der Waals surface area contributed by atoms with Crippen LogP contribution in [-0.2, 0) is 14.3 Å². The Bertz CT molecular complexity index is 769. The van der Waals surface area contributed by atoms with Crippen molar-refractivity contribution in [2.24, 2.45) is 23.2 Å². The van der Waals surface area contributed by atoms with Gasteiger partial charge in [-0.05, 0) is 81.4 Å². The summed E-state index contributed by atoms with van der Waals surface area (Å²) in [5.74, 6) is 1.72. The number of carbonyl (C=O) groups is 3. The highest BCUT2D eigenvalue weighted by atomic mass is 16.5. The van der Waals surface area contributed by atoms with E-state index in [0.717, 1.165) is 37.0 Å². The first kappa shape index (κ1) is 19.9. The SMILES string of the molecule is CCOC(=O)c1cccc(NC(=O)CCNC(=O)C23CC4CC(CC(C4)C2)C3)c1. The predicted octanol–water partition coefficient (Wildman–Crippen LogP) is 3.52. The zero-order valence-corrected chi connectivity index (χ0v) is 17.0. The molecule has 4 bridgehead atoms. The van der Waals surface area contributed by atoms with Gasteiger partial charge in [0.05, 0.1) is 12.2 Å². The fraction of sp³-hybridized carbons (Fsp3) is 0.609. The number of benzene rings is 1. The van der Waals surface area contributed by atoms with Crippen molar-refractivity contribution in [2.45, 2.75) is 51.9 Å². The van der Waals surface area contributed by atoms with Crippen molar-refractivity contribution in [3.05, 3.63) is 29.8 Å². The molecule has 4 fully saturated rings. The van der Waals surface area contributed by atoms with E-state index in [-0.39, 0.29) is 23.7 Å². The first-order valence-corrected chi connectivity index (χ1v) is 10.8. The Morgan fingerprint density at radius 3 is 2.34 bits per heavy atom. The summed E-state index contributed by atoms with van der Waals surface area (Å²) in [6.45, 7) is 2.39. The van der Waals surface area contributed by atoms with Gasteiger partial charge in [-0.3, -0.25) is 9.59 Å². The minimum atomic E-state index is -0.411. The Morgan fingerprint density at radius 2 is 1.72 bits per heavy atom. The maximum Gasteiger partial charge on any atom is 0.338 e. The fourth-order valence-corrected chi connectivity index (χ4v) is 6.03. The number of esters is 1. The van der Waals surface area contributed by atoms with Crippen LogP contribution in [0.4, 0.5) is 5.69 Å². The first-order chi connectivity index (χ1) is 14.0. The molecule has 0 aromatic heterocycles. The van der Waals surface area contributed by atoms with Crippen LogP contribution < -0.4 is 10.6 Å². The fourth-order valence-electron chi connectivity index (χ4n) is 6.03. The zero-order valence-electron chi connectivity index (χ0n) is 17.0. The summed E-state index contributed by atoms with van der Waals surface area (Å²) in [7, 11) is 0. The second-order valence-electron chi connectivity index (χ2n) is 9.05. The molecule has 5 rings (SSSR count). The molecule has 156 valence electrons. The lowest BCUT2D eigenvalue weighted by molar-refractivity contribution is -0.146. The first-order valence-electron chi connectivity index (χ1n) is 10.8. The standard InChI is InChI=1S/C23H30N2O4/c1-2-29-21(27)18-4-3-5-19(11-18)25-20(26)6-7-24-22(28)23-12-15-8-16(13-23)10-17(9-15)14-23/h3-5,11,15-17H,2,6-10,12-14H2,1H3,(H,24,28)(H,25,26). The third kappa shape index (κ3) is 4.31. The van der Waals surface area contributed by atoms with Crippen molar-refractivity contribution < 1.29 is 19.1 Å². The highest BCUT2D eigenvalue weighted by molar-refractivity contribution is 5.94. The maximum atomic E-state index is 12.9. The van der Waals surface area contributed by atoms with Crippen LogP contribution in [0.3, 0.4) is 0 Å². The molecule has 2 N–H and O–H groups in total. The normalized spacial score (nSPS) is 29.3. The Balaban J connectivity index is 1.26. The number of anilines is 1. The van der Waals surface area contributed by atoms with E-state index in [2.05, 4.69) is 10.6 Å². The molecule has 0 spiro atoms. The molecular weight excluding hydrogens is 368 g/mol. The predicted molar refractivity (Wildman–Crippen MR) is 109 cm³/mol. The van der Waals surface area contributed by atoms with Crippen molar-refractivity contribution in [3.8, 4) is 0 Å². The summed E-state index contributed by atoms with van der Waals surface area (Å²) < 4.78 is 4.98. The molecule has 4 aliphatic carbocycles. The van der Waals surface area contributed by atoms with E-state index >= 15 is 0 Å². The second kappa shape index (κ2) is 8.17. The maximum absolute atomic E-state index is 12.9. The van der Waals surface area contributed by atoms with Crippen molar-refractivity contribution >= 4 is 23.5 Å². The highest BCUT2D eigenvalue weighted by Crippen LogP contribution is 2.60. The Hall–Kier alpha value is -2.37. The average Bonchev–Trinajstić information content (AvgIpc) is 2.67. The van der Waals surface area contributed by atoms with Crippen LogP contribution in [0.1, 0.15) is 62.2 Å². The summed E-state index contributed by atoms with van der Waals surface area (Å²) in [5, 5.41) is 5.82. The van der Waals surface area contributed by atoms with E-state index in [0.29, 0.717) is 24.4 Å². The van der Waals surface area contributed by atoms with Gasteiger partial charge in [0.25, 0.3) is 0 Å². The molecule has 0 heterocycles. The number of carbonyl (C=O) groups excluding carboxylic acids is 3. The molecule has 29 heavy (non-hydrogen) atoms. The van der Waals surface area contributed by atoms with Crippen molar-refractivity contribution in [3.63, 3.8) is 0 Å². The number of hydrogen-bond donors (Lipinski definition) is 2. The van der Waals surface area contributed by atoms with Gasteiger partial charge in [-0.2, -0.15) is 0 Å². The largest absolute Gasteiger partial charge is 0.462 e. The number of amides is 2. The van der Waals surface area contributed by atoms with E-state index in [4.69, 9.17) is 4.74 Å². The van der Waals surface area contributed by atoms with E-state index in [9.17, 15) is 14.4 Å². The van der Waals surface area contributed by atoms with E-state index in [1.54, 1.807) is 31.2 Å². The molecule has 4 saturated carbocycles. The van der Waals surface area contributed by atoms with Gasteiger partial charge in [-0.1, -0.05) is 6.07 Å². The molecule has 0 unspecified atom stereocenters. The number of hydrogen-bond acceptors (Lipinski definition) is 4. The average molecular weight is 399 g/mol. The molecule has 0 radical (unpaired) electrons. The Kier molecular flexibility index (Phi) is 5.61. The third-order valence-corrected chi connectivity index (χ3v) is 6.81. The van der Waals surface area contributed by atoms with Crippen LogP contribution in [0.25, 0.3) is 0 Å². The Labute approximate surface area is 171 Å². The summed E-state index contributed by atoms with van der Waals surface area (Å²) in [6, 6.07) is 6.69. The van der Waals surface area contributed by atoms with Gasteiger partial charge in [0.15, 0.2) is 0 Å². The molecular formula is C23H30N2O4. The second-order valence-corrected chi connectivity index (χ2v) is 9.05. The lowest BCUT2D eigenvalue weighted by atomic mass is 9.49. The minimum absolute atomic E-state index is 0.147. The number of rotatable bonds is 7. The molecule has 0 atom stereocenters. The summed E-state index contributed by atoms with van der Waals surface area (Å²) in [4.78, 5) is 37.0. The monoisotopic (exact) mass is 398 g/mol. The van der Waals surface area contributed by atoms with Crippen LogP contribution in [0.15, 0.2) is 24.3 Å². The van der Waals surface area contributed by atoms with Crippen molar-refractivity contribution in [2.75, 3.05) is 18.5 Å². The molecule has 6 heteroatoms. The van der Waals surface area contributed by atoms with Gasteiger partial charge in [-0.25, -0.2) is 4.79 Å². The molecule has 0 aliphatic heterocycles. The number of nitrogens with one attached hydrogen (secondary N) is 2. The molecule has 2 amide bonds. The molecule has 1 aromatic rings. The summed E-state index contributed by atoms with van der Waals surface area (Å²) in [5.41, 5.74) is 0.770. The van der Waals surface area contributed by atoms with Crippen molar-refractivity contribution in [1.29, 1.82) is 0 Å². The van der Waals surface area contributed by atoms with Gasteiger partial charge < -0.3 is 15.4 Å². The lowest BCUT2D eigenvalue weighted by Crippen LogP contribution is -2.53. The van der Waals surface area contributed by atoms with Crippen LogP contribution in [0, 0.1) is 23.2 Å². The quantitative estimate of drug-likeness (QED) is 0.688. The van der Waals surface area contributed by atoms with Crippen LogP contribution in [0.5, 0.6) is 0 Å². The molecule has 1 aromatic carbocycles. The van der Waals surface area contributed by atoms with Crippen molar-refractivity contribution in [1.82, 2.24) is 5.32 Å². The molecule has 0 saturated heterocycles. The zero-order chi connectivity index (χ0) is 20.4. The van der Waals surface area contributed by atoms with E-state index < -0.39 is 5.97 Å². The van der Waals surface area contributed by atoms with Gasteiger partial charge in [0.1, 0.15) is 0 Å². The molecule has 6 nitrogen and oxygen atoms in total. The summed E-state index contributed by atoms with van der Waals surface area (Å²) >= 11 is 0. The Morgan fingerprint density at radius 1 is 1.07 bits per heavy atom. The van der Waals surface area contributed by atoms with Crippen LogP contribution in [0.2, 0.25) is 0 Å². The van der Waals surface area contributed by atoms with Gasteiger partial charge in [-0.15, -0.1) is 0 Å². The number of ether oxygens (including phenoxy) is 1. The van der Waals surface area contributed by atoms with E-state index in [1.165, 1.54) is 19.3 Å². The van der Waals surface area contributed by atoms with E-state index in [1.807, 2.05) is 0 Å². The van der Waals surface area contributed by atoms with Gasteiger partial charge in [0.2, 0.25) is 11.8 Å².